The average molecular weight is 352 g/mol. The van der Waals surface area contributed by atoms with Crippen LogP contribution < -0.4 is 4.74 Å². The Balaban J connectivity index is 1.44. The van der Waals surface area contributed by atoms with Gasteiger partial charge in [-0.1, -0.05) is 18.2 Å². The Morgan fingerprint density at radius 2 is 2.15 bits per heavy atom. The van der Waals surface area contributed by atoms with Crippen LogP contribution in [0.1, 0.15) is 28.8 Å². The molecule has 4 rings (SSSR count). The van der Waals surface area contributed by atoms with E-state index in [-0.39, 0.29) is 5.91 Å². The molecule has 0 N–H and O–H groups in total. The van der Waals surface area contributed by atoms with Gasteiger partial charge in [0.1, 0.15) is 17.0 Å². The maximum atomic E-state index is 13.0. The van der Waals surface area contributed by atoms with Crippen LogP contribution in [0.15, 0.2) is 42.9 Å². The van der Waals surface area contributed by atoms with Gasteiger partial charge in [-0.15, -0.1) is 0 Å². The zero-order valence-corrected chi connectivity index (χ0v) is 15.3. The lowest BCUT2D eigenvalue weighted by atomic mass is 9.98. The van der Waals surface area contributed by atoms with Crippen molar-refractivity contribution < 1.29 is 9.53 Å². The summed E-state index contributed by atoms with van der Waals surface area (Å²) in [7, 11) is 1.93. The first kappa shape index (κ1) is 16.7. The molecule has 1 fully saturated rings. The number of aromatic nitrogens is 3. The summed E-state index contributed by atoms with van der Waals surface area (Å²) in [5.41, 5.74) is 2.65. The Morgan fingerprint density at radius 3 is 3.00 bits per heavy atom. The minimum atomic E-state index is 0.0578. The van der Waals surface area contributed by atoms with Crippen molar-refractivity contribution in [2.24, 2.45) is 13.0 Å². The lowest BCUT2D eigenvalue weighted by Gasteiger charge is -2.32. The van der Waals surface area contributed by atoms with Crippen LogP contribution in [0, 0.1) is 12.8 Å². The van der Waals surface area contributed by atoms with Gasteiger partial charge in [0, 0.05) is 38.4 Å². The highest BCUT2D eigenvalue weighted by atomic mass is 16.5. The molecule has 1 saturated heterocycles. The summed E-state index contributed by atoms with van der Waals surface area (Å²) in [5.74, 6) is 1.34. The largest absolute Gasteiger partial charge is 0.493 e. The Bertz CT molecular complexity index is 927. The number of para-hydroxylation sites is 1. The topological polar surface area (TPSA) is 51.8 Å². The van der Waals surface area contributed by atoms with E-state index in [4.69, 9.17) is 4.74 Å². The molecule has 1 amide bonds. The smallest absolute Gasteiger partial charge is 0.259 e. The predicted molar refractivity (Wildman–Crippen MR) is 99.5 cm³/mol. The number of fused-ring (bicyclic) bond motifs is 1. The molecule has 1 aromatic carbocycles. The second kappa shape index (κ2) is 6.86. The number of hydrogen-bond acceptors (Lipinski definition) is 3. The predicted octanol–water partition coefficient (Wildman–Crippen LogP) is 2.91. The lowest BCUT2D eigenvalue weighted by Crippen LogP contribution is -2.41. The van der Waals surface area contributed by atoms with Crippen molar-refractivity contribution in [1.29, 1.82) is 0 Å². The zero-order valence-electron chi connectivity index (χ0n) is 15.3. The van der Waals surface area contributed by atoms with E-state index in [0.717, 1.165) is 42.9 Å². The number of likely N-dealkylation sites (tertiary alicyclic amines) is 1. The van der Waals surface area contributed by atoms with Gasteiger partial charge in [-0.05, 0) is 31.4 Å². The number of hydrogen-bond donors (Lipinski definition) is 0. The molecule has 26 heavy (non-hydrogen) atoms. The third-order valence-electron chi connectivity index (χ3n) is 5.14. The molecule has 0 bridgehead atoms. The highest BCUT2D eigenvalue weighted by Crippen LogP contribution is 2.23. The summed E-state index contributed by atoms with van der Waals surface area (Å²) in [6, 6.07) is 8.06. The normalized spacial score (nSPS) is 17.6. The fraction of sp³-hybridized carbons (Fsp3) is 0.400. The molecule has 3 aromatic rings. The van der Waals surface area contributed by atoms with Gasteiger partial charge in [0.25, 0.3) is 5.91 Å². The minimum absolute atomic E-state index is 0.0578. The first-order valence-electron chi connectivity index (χ1n) is 9.10. The van der Waals surface area contributed by atoms with Crippen LogP contribution in [0.3, 0.4) is 0 Å². The third-order valence-corrected chi connectivity index (χ3v) is 5.14. The maximum absolute atomic E-state index is 13.0. The Labute approximate surface area is 153 Å². The van der Waals surface area contributed by atoms with Crippen molar-refractivity contribution in [3.8, 4) is 5.75 Å². The number of carbonyl (C=O) groups is 1. The van der Waals surface area contributed by atoms with Crippen LogP contribution in [-0.2, 0) is 7.05 Å². The van der Waals surface area contributed by atoms with Crippen molar-refractivity contribution in [3.05, 3.63) is 54.0 Å². The molecule has 1 aliphatic rings. The first-order chi connectivity index (χ1) is 12.6. The molecule has 6 nitrogen and oxygen atoms in total. The number of amides is 1. The van der Waals surface area contributed by atoms with Gasteiger partial charge in [-0.2, -0.15) is 5.10 Å². The quantitative estimate of drug-likeness (QED) is 0.725. The fourth-order valence-corrected chi connectivity index (χ4v) is 3.68. The van der Waals surface area contributed by atoms with E-state index in [9.17, 15) is 4.79 Å². The van der Waals surface area contributed by atoms with Crippen LogP contribution in [-0.4, -0.2) is 44.7 Å². The van der Waals surface area contributed by atoms with Gasteiger partial charge in [0.15, 0.2) is 0 Å². The van der Waals surface area contributed by atoms with E-state index < -0.39 is 0 Å². The van der Waals surface area contributed by atoms with Gasteiger partial charge in [-0.25, -0.2) is 4.52 Å². The molecular weight excluding hydrogens is 328 g/mol. The highest BCUT2D eigenvalue weighted by molar-refractivity contribution is 5.99. The van der Waals surface area contributed by atoms with E-state index in [1.165, 1.54) is 0 Å². The molecule has 0 saturated carbocycles. The molecule has 0 aliphatic carbocycles. The van der Waals surface area contributed by atoms with Crippen molar-refractivity contribution in [1.82, 2.24) is 19.1 Å². The Hall–Kier alpha value is -2.76. The monoisotopic (exact) mass is 352 g/mol. The number of benzene rings is 1. The summed E-state index contributed by atoms with van der Waals surface area (Å²) >= 11 is 0. The number of aryl methyl sites for hydroxylation is 2. The molecule has 6 heteroatoms. The number of carbonyl (C=O) groups excluding carboxylic acids is 1. The SMILES string of the molecule is Cc1ccccc1OC[C@@H]1CCCN(C(=O)c2cnn3ccn(C)c23)C1. The van der Waals surface area contributed by atoms with Crippen LogP contribution in [0.4, 0.5) is 0 Å². The Morgan fingerprint density at radius 1 is 1.31 bits per heavy atom. The van der Waals surface area contributed by atoms with Gasteiger partial charge in [-0.3, -0.25) is 4.79 Å². The second-order valence-corrected chi connectivity index (χ2v) is 7.07. The van der Waals surface area contributed by atoms with Crippen molar-refractivity contribution in [2.45, 2.75) is 19.8 Å². The van der Waals surface area contributed by atoms with E-state index in [0.29, 0.717) is 18.1 Å². The zero-order chi connectivity index (χ0) is 18.1. The Kier molecular flexibility index (Phi) is 4.41. The number of ether oxygens (including phenoxy) is 1. The minimum Gasteiger partial charge on any atom is -0.493 e. The molecular formula is C20H24N4O2. The summed E-state index contributed by atoms with van der Waals surface area (Å²) in [5, 5.41) is 4.28. The van der Waals surface area contributed by atoms with E-state index in [1.54, 1.807) is 10.7 Å². The maximum Gasteiger partial charge on any atom is 0.259 e. The number of imidazole rings is 1. The second-order valence-electron chi connectivity index (χ2n) is 7.07. The van der Waals surface area contributed by atoms with Crippen LogP contribution >= 0.6 is 0 Å². The standard InChI is InChI=1S/C20H24N4O2/c1-15-6-3-4-8-18(15)26-14-16-7-5-9-23(13-16)20(25)17-12-21-24-11-10-22(2)19(17)24/h3-4,6,8,10-12,16H,5,7,9,13-14H2,1-2H3/t16-/m1/s1. The van der Waals surface area contributed by atoms with Gasteiger partial charge in [0.05, 0.1) is 12.8 Å². The molecule has 0 unspecified atom stereocenters. The number of nitrogens with zero attached hydrogens (tertiary/aromatic N) is 4. The molecule has 2 aromatic heterocycles. The van der Waals surface area contributed by atoms with Gasteiger partial charge >= 0.3 is 0 Å². The highest BCUT2D eigenvalue weighted by Gasteiger charge is 2.27. The molecule has 136 valence electrons. The van der Waals surface area contributed by atoms with Gasteiger partial charge < -0.3 is 14.2 Å². The van der Waals surface area contributed by atoms with E-state index in [1.807, 2.05) is 47.1 Å². The molecule has 0 spiro atoms. The summed E-state index contributed by atoms with van der Waals surface area (Å²) in [4.78, 5) is 15.0. The molecule has 1 aliphatic heterocycles. The molecule has 0 radical (unpaired) electrons. The van der Waals surface area contributed by atoms with E-state index in [2.05, 4.69) is 18.1 Å². The average Bonchev–Trinajstić information content (AvgIpc) is 3.24. The summed E-state index contributed by atoms with van der Waals surface area (Å²) < 4.78 is 9.69. The summed E-state index contributed by atoms with van der Waals surface area (Å²) in [6.45, 7) is 4.22. The van der Waals surface area contributed by atoms with Crippen LogP contribution in [0.2, 0.25) is 0 Å². The van der Waals surface area contributed by atoms with Crippen molar-refractivity contribution in [3.63, 3.8) is 0 Å². The molecule has 1 atom stereocenters. The van der Waals surface area contributed by atoms with Gasteiger partial charge in [0.2, 0.25) is 0 Å². The summed E-state index contributed by atoms with van der Waals surface area (Å²) in [6.07, 6.45) is 7.54. The number of piperidine rings is 1. The molecule has 3 heterocycles. The van der Waals surface area contributed by atoms with Crippen molar-refractivity contribution >= 4 is 11.6 Å². The number of rotatable bonds is 4. The lowest BCUT2D eigenvalue weighted by molar-refractivity contribution is 0.0634. The van der Waals surface area contributed by atoms with Crippen molar-refractivity contribution in [2.75, 3.05) is 19.7 Å². The van der Waals surface area contributed by atoms with Crippen LogP contribution in [0.5, 0.6) is 5.75 Å². The third kappa shape index (κ3) is 3.07. The fourth-order valence-electron chi connectivity index (χ4n) is 3.68. The van der Waals surface area contributed by atoms with Crippen LogP contribution in [0.25, 0.3) is 5.65 Å². The first-order valence-corrected chi connectivity index (χ1v) is 9.10. The van der Waals surface area contributed by atoms with E-state index >= 15 is 0 Å².